The molecule has 1 aromatic rings. The molecule has 1 aliphatic heterocycles. The Morgan fingerprint density at radius 2 is 2.17 bits per heavy atom. The Bertz CT molecular complexity index is 646. The number of nitrogens with one attached hydrogen (secondary N) is 1. The first-order valence-corrected chi connectivity index (χ1v) is 7.94. The van der Waals surface area contributed by atoms with Gasteiger partial charge in [0.1, 0.15) is 6.04 Å². The van der Waals surface area contributed by atoms with Crippen molar-refractivity contribution in [3.63, 3.8) is 0 Å². The lowest BCUT2D eigenvalue weighted by molar-refractivity contribution is -0.134. The van der Waals surface area contributed by atoms with Gasteiger partial charge in [-0.15, -0.1) is 0 Å². The van der Waals surface area contributed by atoms with Crippen LogP contribution in [0, 0.1) is 11.3 Å². The Balaban J connectivity index is 1.87. The van der Waals surface area contributed by atoms with Gasteiger partial charge in [0, 0.05) is 24.9 Å². The number of carbonyl (C=O) groups excluding carboxylic acids is 2. The number of amides is 1. The van der Waals surface area contributed by atoms with Crippen LogP contribution in [0.25, 0.3) is 0 Å². The molecule has 0 bridgehead atoms. The highest BCUT2D eigenvalue weighted by molar-refractivity contribution is 5.86. The van der Waals surface area contributed by atoms with E-state index in [-0.39, 0.29) is 11.9 Å². The van der Waals surface area contributed by atoms with Crippen LogP contribution in [0.2, 0.25) is 0 Å². The summed E-state index contributed by atoms with van der Waals surface area (Å²) >= 11 is 0. The minimum absolute atomic E-state index is 0.0108. The van der Waals surface area contributed by atoms with E-state index in [1.807, 2.05) is 12.1 Å². The van der Waals surface area contributed by atoms with Crippen molar-refractivity contribution in [2.24, 2.45) is 0 Å². The van der Waals surface area contributed by atoms with E-state index < -0.39 is 5.97 Å². The van der Waals surface area contributed by atoms with Crippen LogP contribution in [0.3, 0.4) is 0 Å². The molecule has 24 heavy (non-hydrogen) atoms. The van der Waals surface area contributed by atoms with Crippen molar-refractivity contribution in [1.29, 1.82) is 5.26 Å². The molecular weight excluding hydrogens is 306 g/mol. The predicted octanol–water partition coefficient (Wildman–Crippen LogP) is 1.76. The van der Waals surface area contributed by atoms with Crippen molar-refractivity contribution < 1.29 is 14.3 Å². The zero-order valence-corrected chi connectivity index (χ0v) is 13.7. The van der Waals surface area contributed by atoms with E-state index in [1.165, 1.54) is 13.2 Å². The maximum atomic E-state index is 12.4. The monoisotopic (exact) mass is 327 g/mol. The minimum atomic E-state index is -0.399. The standard InChI is InChI=1S/C18H21N3O3/c1-24-17(22)6-2-3-11-20-18(23)16-5-4-12-21(16)15-9-7-14(13-19)8-10-15/h2,6-10,16H,3-5,11-12H2,1H3,(H,20,23)/b6-2+. The molecule has 0 aliphatic carbocycles. The predicted molar refractivity (Wildman–Crippen MR) is 90.3 cm³/mol. The van der Waals surface area contributed by atoms with Crippen molar-refractivity contribution in [2.75, 3.05) is 25.1 Å². The zero-order valence-electron chi connectivity index (χ0n) is 13.7. The number of rotatable bonds is 6. The van der Waals surface area contributed by atoms with Gasteiger partial charge < -0.3 is 15.0 Å². The van der Waals surface area contributed by atoms with Gasteiger partial charge in [-0.05, 0) is 43.5 Å². The highest BCUT2D eigenvalue weighted by atomic mass is 16.5. The molecule has 1 saturated heterocycles. The van der Waals surface area contributed by atoms with E-state index in [1.54, 1.807) is 18.2 Å². The van der Waals surface area contributed by atoms with Crippen LogP contribution < -0.4 is 10.2 Å². The quantitative estimate of drug-likeness (QED) is 0.489. The summed E-state index contributed by atoms with van der Waals surface area (Å²) < 4.78 is 4.50. The lowest BCUT2D eigenvalue weighted by Crippen LogP contribution is -2.43. The summed E-state index contributed by atoms with van der Waals surface area (Å²) in [5, 5.41) is 11.8. The van der Waals surface area contributed by atoms with Gasteiger partial charge in [-0.2, -0.15) is 5.26 Å². The first-order valence-electron chi connectivity index (χ1n) is 7.94. The van der Waals surface area contributed by atoms with E-state index in [4.69, 9.17) is 5.26 Å². The molecule has 1 aliphatic rings. The van der Waals surface area contributed by atoms with E-state index in [0.29, 0.717) is 18.5 Å². The molecule has 2 rings (SSSR count). The third-order valence-corrected chi connectivity index (χ3v) is 3.95. The molecule has 1 amide bonds. The minimum Gasteiger partial charge on any atom is -0.466 e. The Morgan fingerprint density at radius 1 is 1.42 bits per heavy atom. The van der Waals surface area contributed by atoms with Crippen LogP contribution in [-0.4, -0.2) is 38.1 Å². The first-order chi connectivity index (χ1) is 11.7. The van der Waals surface area contributed by atoms with Gasteiger partial charge in [-0.1, -0.05) is 6.08 Å². The van der Waals surface area contributed by atoms with Crippen molar-refractivity contribution in [3.05, 3.63) is 42.0 Å². The van der Waals surface area contributed by atoms with E-state index in [9.17, 15) is 9.59 Å². The van der Waals surface area contributed by atoms with Crippen LogP contribution in [0.15, 0.2) is 36.4 Å². The number of nitrogens with zero attached hydrogens (tertiary/aromatic N) is 2. The number of ether oxygens (including phenoxy) is 1. The van der Waals surface area contributed by atoms with Gasteiger partial charge in [0.25, 0.3) is 0 Å². The first kappa shape index (κ1) is 17.5. The fourth-order valence-corrected chi connectivity index (χ4v) is 2.72. The molecule has 0 saturated carbocycles. The summed E-state index contributed by atoms with van der Waals surface area (Å²) in [7, 11) is 1.33. The third kappa shape index (κ3) is 4.59. The van der Waals surface area contributed by atoms with E-state index in [0.717, 1.165) is 25.1 Å². The summed E-state index contributed by atoms with van der Waals surface area (Å²) in [5.74, 6) is -0.410. The summed E-state index contributed by atoms with van der Waals surface area (Å²) in [6, 6.07) is 9.19. The fourth-order valence-electron chi connectivity index (χ4n) is 2.72. The Labute approximate surface area is 141 Å². The Morgan fingerprint density at radius 3 is 2.83 bits per heavy atom. The summed E-state index contributed by atoms with van der Waals surface area (Å²) in [6.45, 7) is 1.30. The molecule has 0 spiro atoms. The average molecular weight is 327 g/mol. The number of hydrogen-bond acceptors (Lipinski definition) is 5. The van der Waals surface area contributed by atoms with E-state index >= 15 is 0 Å². The number of carbonyl (C=O) groups is 2. The topological polar surface area (TPSA) is 82.4 Å². The molecule has 6 nitrogen and oxygen atoms in total. The van der Waals surface area contributed by atoms with Gasteiger partial charge in [0.15, 0.2) is 0 Å². The molecule has 1 heterocycles. The zero-order chi connectivity index (χ0) is 17.4. The van der Waals surface area contributed by atoms with Crippen molar-refractivity contribution in [2.45, 2.75) is 25.3 Å². The second kappa shape index (κ2) is 8.73. The SMILES string of the molecule is COC(=O)/C=C/CCNC(=O)C1CCCN1c1ccc(C#N)cc1. The van der Waals surface area contributed by atoms with Crippen LogP contribution in [0.4, 0.5) is 5.69 Å². The molecule has 0 aromatic heterocycles. The number of anilines is 1. The third-order valence-electron chi connectivity index (χ3n) is 3.95. The molecule has 1 atom stereocenters. The van der Waals surface area contributed by atoms with Crippen molar-refractivity contribution >= 4 is 17.6 Å². The van der Waals surface area contributed by atoms with Crippen molar-refractivity contribution in [1.82, 2.24) is 5.32 Å². The number of nitriles is 1. The van der Waals surface area contributed by atoms with Crippen molar-refractivity contribution in [3.8, 4) is 6.07 Å². The molecule has 6 heteroatoms. The summed E-state index contributed by atoms with van der Waals surface area (Å²) in [5.41, 5.74) is 1.56. The largest absolute Gasteiger partial charge is 0.466 e. The van der Waals surface area contributed by atoms with Gasteiger partial charge in [-0.3, -0.25) is 4.79 Å². The molecular formula is C18H21N3O3. The van der Waals surface area contributed by atoms with Crippen LogP contribution in [-0.2, 0) is 14.3 Å². The maximum absolute atomic E-state index is 12.4. The Hall–Kier alpha value is -2.81. The molecule has 1 aromatic carbocycles. The fraction of sp³-hybridized carbons (Fsp3) is 0.389. The molecule has 126 valence electrons. The van der Waals surface area contributed by atoms with Gasteiger partial charge in [0.05, 0.1) is 18.7 Å². The van der Waals surface area contributed by atoms with Gasteiger partial charge >= 0.3 is 5.97 Å². The number of methoxy groups -OCH3 is 1. The molecule has 1 fully saturated rings. The number of esters is 1. The average Bonchev–Trinajstić information content (AvgIpc) is 3.11. The molecule has 0 radical (unpaired) electrons. The van der Waals surface area contributed by atoms with E-state index in [2.05, 4.69) is 21.0 Å². The Kier molecular flexibility index (Phi) is 6.38. The second-order valence-electron chi connectivity index (χ2n) is 5.52. The molecule has 1 N–H and O–H groups in total. The lowest BCUT2D eigenvalue weighted by atomic mass is 10.1. The highest BCUT2D eigenvalue weighted by Gasteiger charge is 2.30. The highest BCUT2D eigenvalue weighted by Crippen LogP contribution is 2.25. The van der Waals surface area contributed by atoms with Crippen LogP contribution in [0.1, 0.15) is 24.8 Å². The smallest absolute Gasteiger partial charge is 0.330 e. The van der Waals surface area contributed by atoms with Crippen LogP contribution in [0.5, 0.6) is 0 Å². The van der Waals surface area contributed by atoms with Gasteiger partial charge in [0.2, 0.25) is 5.91 Å². The summed E-state index contributed by atoms with van der Waals surface area (Å²) in [6.07, 6.45) is 5.37. The molecule has 1 unspecified atom stereocenters. The normalized spacial score (nSPS) is 16.8. The lowest BCUT2D eigenvalue weighted by Gasteiger charge is -2.26. The maximum Gasteiger partial charge on any atom is 0.330 e. The van der Waals surface area contributed by atoms with Crippen LogP contribution >= 0.6 is 0 Å². The second-order valence-corrected chi connectivity index (χ2v) is 5.52. The van der Waals surface area contributed by atoms with Gasteiger partial charge in [-0.25, -0.2) is 4.79 Å². The summed E-state index contributed by atoms with van der Waals surface area (Å²) in [4.78, 5) is 25.4. The number of benzene rings is 1. The number of hydrogen-bond donors (Lipinski definition) is 1.